The van der Waals surface area contributed by atoms with Crippen LogP contribution in [0, 0.1) is 6.92 Å². The first-order valence-corrected chi connectivity index (χ1v) is 12.1. The molecular weight excluding hydrogens is 442 g/mol. The zero-order valence-electron chi connectivity index (χ0n) is 21.3. The van der Waals surface area contributed by atoms with Crippen LogP contribution in [0.5, 0.6) is 11.5 Å². The number of hydrogen-bond acceptors (Lipinski definition) is 5. The molecule has 2 aliphatic rings. The lowest BCUT2D eigenvalue weighted by molar-refractivity contribution is 0.0175. The molecule has 1 aromatic carbocycles. The maximum atomic E-state index is 12.8. The van der Waals surface area contributed by atoms with Gasteiger partial charge in [-0.1, -0.05) is 6.08 Å². The van der Waals surface area contributed by atoms with Gasteiger partial charge in [0.05, 0.1) is 26.0 Å². The van der Waals surface area contributed by atoms with E-state index < -0.39 is 5.60 Å². The molecule has 4 heterocycles. The number of methoxy groups -OCH3 is 2. The molecule has 7 nitrogen and oxygen atoms in total. The van der Waals surface area contributed by atoms with Crippen LogP contribution in [0.25, 0.3) is 22.5 Å². The van der Waals surface area contributed by atoms with Gasteiger partial charge in [0.1, 0.15) is 11.2 Å². The van der Waals surface area contributed by atoms with E-state index in [9.17, 15) is 4.79 Å². The Kier molecular flexibility index (Phi) is 5.74. The van der Waals surface area contributed by atoms with E-state index in [0.29, 0.717) is 11.5 Å². The lowest BCUT2D eigenvalue weighted by Gasteiger charge is -2.35. The van der Waals surface area contributed by atoms with Crippen molar-refractivity contribution in [1.29, 1.82) is 0 Å². The van der Waals surface area contributed by atoms with Gasteiger partial charge in [-0.3, -0.25) is 4.90 Å². The van der Waals surface area contributed by atoms with Crippen molar-refractivity contribution in [3.63, 3.8) is 0 Å². The number of amides is 1. The first-order chi connectivity index (χ1) is 16.7. The molecule has 2 aromatic heterocycles. The number of fused-ring (bicyclic) bond motifs is 3. The van der Waals surface area contributed by atoms with Crippen molar-refractivity contribution in [2.45, 2.75) is 64.6 Å². The van der Waals surface area contributed by atoms with Crippen molar-refractivity contribution in [2.24, 2.45) is 0 Å². The summed E-state index contributed by atoms with van der Waals surface area (Å²) >= 11 is 0. The predicted molar refractivity (Wildman–Crippen MR) is 136 cm³/mol. The molecule has 0 saturated carbocycles. The summed E-state index contributed by atoms with van der Waals surface area (Å²) in [6.45, 7) is 7.83. The summed E-state index contributed by atoms with van der Waals surface area (Å²) in [6, 6.07) is 8.30. The Hall–Kier alpha value is -3.48. The van der Waals surface area contributed by atoms with Crippen molar-refractivity contribution in [2.75, 3.05) is 14.2 Å². The highest BCUT2D eigenvalue weighted by Crippen LogP contribution is 2.40. The molecule has 35 heavy (non-hydrogen) atoms. The number of aromatic nitrogens is 2. The molecular formula is C28H33N3O4. The molecule has 2 aliphatic heterocycles. The summed E-state index contributed by atoms with van der Waals surface area (Å²) in [4.78, 5) is 19.6. The van der Waals surface area contributed by atoms with Crippen LogP contribution in [0.2, 0.25) is 0 Å². The van der Waals surface area contributed by atoms with Crippen molar-refractivity contribution in [3.8, 4) is 22.8 Å². The third-order valence-corrected chi connectivity index (χ3v) is 6.79. The molecule has 0 aliphatic carbocycles. The van der Waals surface area contributed by atoms with Crippen molar-refractivity contribution in [1.82, 2.24) is 14.3 Å². The van der Waals surface area contributed by atoms with E-state index in [1.54, 1.807) is 14.2 Å². The van der Waals surface area contributed by atoms with Crippen molar-refractivity contribution >= 4 is 17.3 Å². The third-order valence-electron chi connectivity index (χ3n) is 6.79. The van der Waals surface area contributed by atoms with Gasteiger partial charge in [0, 0.05) is 24.0 Å². The maximum Gasteiger partial charge on any atom is 0.411 e. The zero-order valence-corrected chi connectivity index (χ0v) is 21.3. The van der Waals surface area contributed by atoms with Crippen LogP contribution in [0.1, 0.15) is 51.2 Å². The standard InChI is InChI=1S/C28H33N3O4/c1-17-11-20(19-12-21-8-9-22(13-19)31(21)27(32)35-28(2,3)4)15-30-16-23(29-26(17)30)18-7-10-24(33-5)25(14-18)34-6/h7,10-12,14-16,21-22H,8-9,13H2,1-6H3. The van der Waals surface area contributed by atoms with Gasteiger partial charge in [-0.05, 0) is 87.9 Å². The fourth-order valence-electron chi connectivity index (χ4n) is 5.22. The number of hydrogen-bond donors (Lipinski definition) is 0. The maximum absolute atomic E-state index is 12.8. The molecule has 0 radical (unpaired) electrons. The summed E-state index contributed by atoms with van der Waals surface area (Å²) in [5.41, 5.74) is 5.84. The normalized spacial score (nSPS) is 19.6. The summed E-state index contributed by atoms with van der Waals surface area (Å²) in [6.07, 6.45) is 9.05. The van der Waals surface area contributed by atoms with Crippen LogP contribution in [0.15, 0.2) is 42.7 Å². The van der Waals surface area contributed by atoms with Gasteiger partial charge in [-0.2, -0.15) is 0 Å². The Morgan fingerprint density at radius 2 is 1.80 bits per heavy atom. The fourth-order valence-corrected chi connectivity index (χ4v) is 5.22. The third kappa shape index (κ3) is 4.35. The lowest BCUT2D eigenvalue weighted by Crippen LogP contribution is -2.45. The minimum atomic E-state index is -0.490. The zero-order chi connectivity index (χ0) is 24.9. The number of rotatable bonds is 4. The van der Waals surface area contributed by atoms with E-state index in [1.807, 2.05) is 43.9 Å². The second-order valence-electron chi connectivity index (χ2n) is 10.4. The summed E-state index contributed by atoms with van der Waals surface area (Å²) in [7, 11) is 3.27. The van der Waals surface area contributed by atoms with E-state index in [-0.39, 0.29) is 18.2 Å². The molecule has 1 saturated heterocycles. The molecule has 1 fully saturated rings. The molecule has 5 rings (SSSR count). The molecule has 7 heteroatoms. The molecule has 2 bridgehead atoms. The first kappa shape index (κ1) is 23.3. The highest BCUT2D eigenvalue weighted by atomic mass is 16.6. The lowest BCUT2D eigenvalue weighted by atomic mass is 9.95. The largest absolute Gasteiger partial charge is 0.493 e. The first-order valence-electron chi connectivity index (χ1n) is 12.1. The van der Waals surface area contributed by atoms with Crippen molar-refractivity contribution in [3.05, 3.63) is 53.9 Å². The van der Waals surface area contributed by atoms with Crippen LogP contribution in [-0.4, -0.2) is 52.3 Å². The van der Waals surface area contributed by atoms with Gasteiger partial charge in [-0.25, -0.2) is 9.78 Å². The van der Waals surface area contributed by atoms with E-state index in [1.165, 1.54) is 11.1 Å². The second-order valence-corrected chi connectivity index (χ2v) is 10.4. The number of imidazole rings is 1. The topological polar surface area (TPSA) is 65.3 Å². The Morgan fingerprint density at radius 3 is 2.49 bits per heavy atom. The van der Waals surface area contributed by atoms with Gasteiger partial charge in [-0.15, -0.1) is 0 Å². The Bertz CT molecular complexity index is 1320. The highest BCUT2D eigenvalue weighted by Gasteiger charge is 2.41. The van der Waals surface area contributed by atoms with Crippen LogP contribution < -0.4 is 9.47 Å². The molecule has 2 unspecified atom stereocenters. The molecule has 0 N–H and O–H groups in total. The van der Waals surface area contributed by atoms with Gasteiger partial charge in [0.2, 0.25) is 0 Å². The number of carbonyl (C=O) groups is 1. The summed E-state index contributed by atoms with van der Waals surface area (Å²) < 4.78 is 18.6. The number of benzene rings is 1. The highest BCUT2D eigenvalue weighted by molar-refractivity contribution is 5.76. The molecule has 1 amide bonds. The Morgan fingerprint density at radius 1 is 1.03 bits per heavy atom. The predicted octanol–water partition coefficient (Wildman–Crippen LogP) is 5.88. The van der Waals surface area contributed by atoms with Gasteiger partial charge in [0.25, 0.3) is 0 Å². The number of carbonyl (C=O) groups excluding carboxylic acids is 1. The Labute approximate surface area is 206 Å². The number of pyridine rings is 1. The van der Waals surface area contributed by atoms with Gasteiger partial charge in [0.15, 0.2) is 11.5 Å². The second kappa shape index (κ2) is 8.63. The van der Waals surface area contributed by atoms with Crippen LogP contribution in [0.3, 0.4) is 0 Å². The van der Waals surface area contributed by atoms with Crippen LogP contribution in [-0.2, 0) is 4.74 Å². The quantitative estimate of drug-likeness (QED) is 0.471. The van der Waals surface area contributed by atoms with Gasteiger partial charge < -0.3 is 18.6 Å². The number of aryl methyl sites for hydroxylation is 1. The minimum Gasteiger partial charge on any atom is -0.493 e. The monoisotopic (exact) mass is 475 g/mol. The Balaban J connectivity index is 1.46. The average molecular weight is 476 g/mol. The summed E-state index contributed by atoms with van der Waals surface area (Å²) in [5.74, 6) is 1.37. The van der Waals surface area contributed by atoms with Crippen molar-refractivity contribution < 1.29 is 19.0 Å². The number of nitrogens with zero attached hydrogens (tertiary/aromatic N) is 3. The molecule has 184 valence electrons. The van der Waals surface area contributed by atoms with E-state index in [0.717, 1.165) is 41.7 Å². The van der Waals surface area contributed by atoms with E-state index in [2.05, 4.69) is 35.9 Å². The van der Waals surface area contributed by atoms with E-state index >= 15 is 0 Å². The number of ether oxygens (including phenoxy) is 3. The molecule has 0 spiro atoms. The smallest absolute Gasteiger partial charge is 0.411 e. The van der Waals surface area contributed by atoms with Crippen LogP contribution in [0.4, 0.5) is 4.79 Å². The van der Waals surface area contributed by atoms with Gasteiger partial charge >= 0.3 is 6.09 Å². The summed E-state index contributed by atoms with van der Waals surface area (Å²) in [5, 5.41) is 0. The average Bonchev–Trinajstić information content (AvgIpc) is 3.36. The SMILES string of the molecule is COc1ccc(-c2cn3cc(C4=CC5CCC(C4)N5C(=O)OC(C)(C)C)cc(C)c3n2)cc1OC. The minimum absolute atomic E-state index is 0.0831. The van der Waals surface area contributed by atoms with Crippen LogP contribution >= 0.6 is 0 Å². The van der Waals surface area contributed by atoms with E-state index in [4.69, 9.17) is 19.2 Å². The molecule has 3 aromatic rings. The fraction of sp³-hybridized carbons (Fsp3) is 0.429. The molecule has 2 atom stereocenters.